The lowest BCUT2D eigenvalue weighted by molar-refractivity contribution is 0.0943. The average molecular weight is 419 g/mol. The monoisotopic (exact) mass is 418 g/mol. The number of carbonyl (C=O) groups excluding carboxylic acids is 1. The van der Waals surface area contributed by atoms with Crippen molar-refractivity contribution < 1.29 is 14.1 Å². The molecule has 0 fully saturated rings. The van der Waals surface area contributed by atoms with Gasteiger partial charge >= 0.3 is 0 Å². The Bertz CT molecular complexity index is 1080. The minimum Gasteiger partial charge on any atom is -0.489 e. The lowest BCUT2D eigenvalue weighted by atomic mass is 10.0. The maximum Gasteiger partial charge on any atom is 0.252 e. The van der Waals surface area contributed by atoms with E-state index in [-0.39, 0.29) is 11.9 Å². The SMILES string of the molecule is Cc1noc(C)c1COc1ccc(C(=O)NC(c2ccccc2)c2cccs2)cc1. The van der Waals surface area contributed by atoms with Gasteiger partial charge in [-0.1, -0.05) is 41.6 Å². The predicted octanol–water partition coefficient (Wildman–Crippen LogP) is 5.45. The molecule has 1 unspecified atom stereocenters. The first kappa shape index (κ1) is 19.9. The normalized spacial score (nSPS) is 11.8. The van der Waals surface area contributed by atoms with Gasteiger partial charge in [-0.3, -0.25) is 4.79 Å². The Kier molecular flexibility index (Phi) is 5.95. The summed E-state index contributed by atoms with van der Waals surface area (Å²) in [4.78, 5) is 14.0. The maximum atomic E-state index is 12.9. The lowest BCUT2D eigenvalue weighted by Crippen LogP contribution is -2.28. The Hall–Kier alpha value is -3.38. The van der Waals surface area contributed by atoms with Crippen LogP contribution < -0.4 is 10.1 Å². The molecule has 4 rings (SSSR count). The van der Waals surface area contributed by atoms with Crippen molar-refractivity contribution in [1.82, 2.24) is 10.5 Å². The molecule has 2 heterocycles. The zero-order valence-electron chi connectivity index (χ0n) is 16.8. The van der Waals surface area contributed by atoms with E-state index in [1.807, 2.05) is 61.7 Å². The number of ether oxygens (including phenoxy) is 1. The zero-order chi connectivity index (χ0) is 20.9. The Labute approximate surface area is 179 Å². The van der Waals surface area contributed by atoms with E-state index in [0.717, 1.165) is 27.5 Å². The van der Waals surface area contributed by atoms with Gasteiger partial charge in [0.2, 0.25) is 0 Å². The largest absolute Gasteiger partial charge is 0.489 e. The molecule has 30 heavy (non-hydrogen) atoms. The van der Waals surface area contributed by atoms with E-state index in [1.165, 1.54) is 0 Å². The highest BCUT2D eigenvalue weighted by Crippen LogP contribution is 2.26. The third kappa shape index (κ3) is 4.44. The highest BCUT2D eigenvalue weighted by Gasteiger charge is 2.18. The first-order valence-corrected chi connectivity index (χ1v) is 10.5. The summed E-state index contributed by atoms with van der Waals surface area (Å²) in [5.41, 5.74) is 3.40. The molecule has 0 saturated heterocycles. The molecule has 0 aliphatic carbocycles. The van der Waals surface area contributed by atoms with Crippen LogP contribution in [-0.4, -0.2) is 11.1 Å². The topological polar surface area (TPSA) is 64.4 Å². The van der Waals surface area contributed by atoms with Crippen molar-refractivity contribution in [3.63, 3.8) is 0 Å². The minimum atomic E-state index is -0.186. The van der Waals surface area contributed by atoms with Gasteiger partial charge in [-0.25, -0.2) is 0 Å². The molecule has 5 nitrogen and oxygen atoms in total. The fourth-order valence-corrected chi connectivity index (χ4v) is 4.00. The van der Waals surface area contributed by atoms with Gasteiger partial charge < -0.3 is 14.6 Å². The second-order valence-electron chi connectivity index (χ2n) is 6.95. The molecule has 2 aromatic heterocycles. The third-order valence-electron chi connectivity index (χ3n) is 4.92. The first-order valence-electron chi connectivity index (χ1n) is 9.65. The number of hydrogen-bond acceptors (Lipinski definition) is 5. The highest BCUT2D eigenvalue weighted by molar-refractivity contribution is 7.10. The molecule has 1 N–H and O–H groups in total. The van der Waals surface area contributed by atoms with E-state index in [1.54, 1.807) is 35.6 Å². The predicted molar refractivity (Wildman–Crippen MR) is 117 cm³/mol. The highest BCUT2D eigenvalue weighted by atomic mass is 32.1. The van der Waals surface area contributed by atoms with Crippen molar-refractivity contribution in [2.75, 3.05) is 0 Å². The number of carbonyl (C=O) groups is 1. The summed E-state index contributed by atoms with van der Waals surface area (Å²) in [5, 5.41) is 9.10. The van der Waals surface area contributed by atoms with Gasteiger partial charge in [0.05, 0.1) is 17.3 Å². The maximum absolute atomic E-state index is 12.9. The molecular formula is C24H22N2O3S. The van der Waals surface area contributed by atoms with Crippen molar-refractivity contribution >= 4 is 17.2 Å². The molecular weight excluding hydrogens is 396 g/mol. The number of benzene rings is 2. The van der Waals surface area contributed by atoms with Gasteiger partial charge in [0.25, 0.3) is 5.91 Å². The van der Waals surface area contributed by atoms with Crippen LogP contribution >= 0.6 is 11.3 Å². The van der Waals surface area contributed by atoms with Crippen LogP contribution in [0.1, 0.15) is 43.9 Å². The summed E-state index contributed by atoms with van der Waals surface area (Å²) in [6, 6.07) is 21.0. The molecule has 6 heteroatoms. The fraction of sp³-hybridized carbons (Fsp3) is 0.167. The van der Waals surface area contributed by atoms with Crippen LogP contribution in [0.2, 0.25) is 0 Å². The molecule has 0 spiro atoms. The molecule has 4 aromatic rings. The molecule has 0 bridgehead atoms. The number of aromatic nitrogens is 1. The van der Waals surface area contributed by atoms with E-state index < -0.39 is 0 Å². The van der Waals surface area contributed by atoms with Gasteiger partial charge in [0, 0.05) is 10.4 Å². The summed E-state index contributed by atoms with van der Waals surface area (Å²) in [6.45, 7) is 4.13. The van der Waals surface area contributed by atoms with Crippen molar-refractivity contribution in [1.29, 1.82) is 0 Å². The Balaban J connectivity index is 1.45. The van der Waals surface area contributed by atoms with Gasteiger partial charge in [0.15, 0.2) is 0 Å². The summed E-state index contributed by atoms with van der Waals surface area (Å²) in [5.74, 6) is 1.31. The van der Waals surface area contributed by atoms with Gasteiger partial charge in [-0.2, -0.15) is 0 Å². The second kappa shape index (κ2) is 8.97. The number of thiophene rings is 1. The van der Waals surface area contributed by atoms with Crippen LogP contribution in [0.3, 0.4) is 0 Å². The fourth-order valence-electron chi connectivity index (χ4n) is 3.20. The molecule has 1 atom stereocenters. The lowest BCUT2D eigenvalue weighted by Gasteiger charge is -2.18. The van der Waals surface area contributed by atoms with Crippen LogP contribution in [0.15, 0.2) is 76.6 Å². The van der Waals surface area contributed by atoms with Gasteiger partial charge in [0.1, 0.15) is 18.1 Å². The van der Waals surface area contributed by atoms with Crippen LogP contribution in [-0.2, 0) is 6.61 Å². The van der Waals surface area contributed by atoms with Crippen molar-refractivity contribution in [3.8, 4) is 5.75 Å². The number of nitrogens with one attached hydrogen (secondary N) is 1. The molecule has 152 valence electrons. The summed E-state index contributed by atoms with van der Waals surface area (Å²) in [6.07, 6.45) is 0. The van der Waals surface area contributed by atoms with Gasteiger partial charge in [-0.05, 0) is 55.1 Å². The summed E-state index contributed by atoms with van der Waals surface area (Å²) < 4.78 is 11.0. The Morgan fingerprint density at radius 1 is 1.07 bits per heavy atom. The minimum absolute atomic E-state index is 0.130. The summed E-state index contributed by atoms with van der Waals surface area (Å²) >= 11 is 1.63. The number of hydrogen-bond donors (Lipinski definition) is 1. The number of rotatable bonds is 7. The average Bonchev–Trinajstić information content (AvgIpc) is 3.42. The third-order valence-corrected chi connectivity index (χ3v) is 5.85. The standard InChI is InChI=1S/C24H22N2O3S/c1-16-21(17(2)29-26-16)15-28-20-12-10-19(11-13-20)24(27)25-23(22-9-6-14-30-22)18-7-4-3-5-8-18/h3-14,23H,15H2,1-2H3,(H,25,27). The van der Waals surface area contributed by atoms with Crippen molar-refractivity contribution in [3.05, 3.63) is 105 Å². The zero-order valence-corrected chi connectivity index (χ0v) is 17.6. The van der Waals surface area contributed by atoms with Crippen LogP contribution in [0, 0.1) is 13.8 Å². The van der Waals surface area contributed by atoms with Gasteiger partial charge in [-0.15, -0.1) is 11.3 Å². The van der Waals surface area contributed by atoms with Crippen molar-refractivity contribution in [2.45, 2.75) is 26.5 Å². The van der Waals surface area contributed by atoms with Crippen LogP contribution in [0.4, 0.5) is 0 Å². The summed E-state index contributed by atoms with van der Waals surface area (Å²) in [7, 11) is 0. The Morgan fingerprint density at radius 3 is 2.47 bits per heavy atom. The molecule has 0 saturated carbocycles. The molecule has 2 aromatic carbocycles. The van der Waals surface area contributed by atoms with Crippen LogP contribution in [0.5, 0.6) is 5.75 Å². The molecule has 0 aliphatic heterocycles. The number of nitrogens with zero attached hydrogens (tertiary/aromatic N) is 1. The molecule has 0 radical (unpaired) electrons. The molecule has 0 aliphatic rings. The quantitative estimate of drug-likeness (QED) is 0.433. The van der Waals surface area contributed by atoms with Crippen LogP contribution in [0.25, 0.3) is 0 Å². The van der Waals surface area contributed by atoms with E-state index >= 15 is 0 Å². The van der Waals surface area contributed by atoms with E-state index in [2.05, 4.69) is 10.5 Å². The van der Waals surface area contributed by atoms with E-state index in [9.17, 15) is 4.79 Å². The van der Waals surface area contributed by atoms with E-state index in [0.29, 0.717) is 17.9 Å². The second-order valence-corrected chi connectivity index (χ2v) is 7.93. The molecule has 1 amide bonds. The van der Waals surface area contributed by atoms with E-state index in [4.69, 9.17) is 9.26 Å². The first-order chi connectivity index (χ1) is 14.6. The smallest absolute Gasteiger partial charge is 0.252 e. The number of amides is 1. The van der Waals surface area contributed by atoms with Crippen molar-refractivity contribution in [2.24, 2.45) is 0 Å². The number of aryl methyl sites for hydroxylation is 2. The Morgan fingerprint density at radius 2 is 1.83 bits per heavy atom.